The molecule has 2 amide bonds. The number of amides is 2. The van der Waals surface area contributed by atoms with Crippen LogP contribution in [0, 0.1) is 16.7 Å². The van der Waals surface area contributed by atoms with E-state index in [4.69, 9.17) is 15.9 Å². The predicted octanol–water partition coefficient (Wildman–Crippen LogP) is 4.54. The average Bonchev–Trinajstić information content (AvgIpc) is 2.89. The quantitative estimate of drug-likeness (QED) is 0.304. The molecule has 8 nitrogen and oxygen atoms in total. The fraction of sp³-hybridized carbons (Fsp3) is 0.214. The number of hydrogen-bond acceptors (Lipinski definition) is 5. The van der Waals surface area contributed by atoms with Crippen molar-refractivity contribution in [3.8, 4) is 17.2 Å². The summed E-state index contributed by atoms with van der Waals surface area (Å²) in [5.74, 6) is -0.447. The minimum Gasteiger partial charge on any atom is -0.450 e. The van der Waals surface area contributed by atoms with Crippen LogP contribution >= 0.6 is 0 Å². The van der Waals surface area contributed by atoms with Crippen molar-refractivity contribution in [1.29, 1.82) is 10.7 Å². The summed E-state index contributed by atoms with van der Waals surface area (Å²) < 4.78 is 5.19. The number of benzene rings is 3. The maximum Gasteiger partial charge on any atom is 0.410 e. The molecule has 184 valence electrons. The van der Waals surface area contributed by atoms with Gasteiger partial charge in [0.1, 0.15) is 11.9 Å². The van der Waals surface area contributed by atoms with Crippen LogP contribution in [0.1, 0.15) is 30.5 Å². The summed E-state index contributed by atoms with van der Waals surface area (Å²) in [4.78, 5) is 27.5. The zero-order valence-corrected chi connectivity index (χ0v) is 20.3. The second kappa shape index (κ2) is 12.2. The molecule has 0 saturated carbocycles. The van der Waals surface area contributed by atoms with Crippen molar-refractivity contribution in [3.05, 3.63) is 89.5 Å². The number of amidine groups is 1. The normalized spacial score (nSPS) is 11.1. The fourth-order valence-electron chi connectivity index (χ4n) is 3.91. The minimum atomic E-state index is -0.852. The Bertz CT molecular complexity index is 1280. The van der Waals surface area contributed by atoms with E-state index in [9.17, 15) is 14.9 Å². The van der Waals surface area contributed by atoms with Gasteiger partial charge in [-0.3, -0.25) is 15.1 Å². The van der Waals surface area contributed by atoms with Gasteiger partial charge < -0.3 is 15.8 Å². The van der Waals surface area contributed by atoms with Crippen LogP contribution in [0.4, 0.5) is 10.5 Å². The van der Waals surface area contributed by atoms with Gasteiger partial charge in [-0.05, 0) is 54.8 Å². The van der Waals surface area contributed by atoms with Crippen LogP contribution < -0.4 is 11.1 Å². The Hall–Kier alpha value is -4.64. The summed E-state index contributed by atoms with van der Waals surface area (Å²) in [6.07, 6.45) is -0.362. The SMILES string of the molecule is CCOC(=O)N(CC)[C@@H](Cc1cccc(C(=N)N)c1)C(=O)Nc1ccc(-c2ccccc2C#N)cc1. The molecule has 3 rings (SSSR count). The zero-order chi connectivity index (χ0) is 26.1. The van der Waals surface area contributed by atoms with Gasteiger partial charge in [-0.2, -0.15) is 5.26 Å². The van der Waals surface area contributed by atoms with Gasteiger partial charge in [-0.1, -0.05) is 48.5 Å². The van der Waals surface area contributed by atoms with Crippen LogP contribution in [0.3, 0.4) is 0 Å². The summed E-state index contributed by atoms with van der Waals surface area (Å²) in [6.45, 7) is 3.95. The van der Waals surface area contributed by atoms with Crippen molar-refractivity contribution >= 4 is 23.5 Å². The zero-order valence-electron chi connectivity index (χ0n) is 20.3. The molecule has 0 aliphatic carbocycles. The van der Waals surface area contributed by atoms with E-state index in [0.717, 1.165) is 16.7 Å². The fourth-order valence-corrected chi connectivity index (χ4v) is 3.91. The van der Waals surface area contributed by atoms with Crippen LogP contribution in [-0.4, -0.2) is 41.9 Å². The molecule has 8 heteroatoms. The van der Waals surface area contributed by atoms with Crippen LogP contribution in [0.15, 0.2) is 72.8 Å². The summed E-state index contributed by atoms with van der Waals surface area (Å²) in [7, 11) is 0. The standard InChI is InChI=1S/C28H29N5O3/c1-3-33(28(35)36-4-2)25(17-19-8-7-10-21(16-19)26(30)31)27(34)32-23-14-12-20(13-15-23)24-11-6-5-9-22(24)18-29/h5-16,25H,3-4,17H2,1-2H3,(H3,30,31)(H,32,34)/t25-/m0/s1. The van der Waals surface area contributed by atoms with Gasteiger partial charge in [-0.15, -0.1) is 0 Å². The number of hydrogen-bond donors (Lipinski definition) is 3. The van der Waals surface area contributed by atoms with Crippen molar-refractivity contribution in [2.24, 2.45) is 5.73 Å². The molecule has 1 atom stereocenters. The summed E-state index contributed by atoms with van der Waals surface area (Å²) in [5.41, 5.74) is 9.70. The van der Waals surface area contributed by atoms with Gasteiger partial charge in [0, 0.05) is 24.2 Å². The molecule has 0 spiro atoms. The lowest BCUT2D eigenvalue weighted by atomic mass is 10.00. The highest BCUT2D eigenvalue weighted by Crippen LogP contribution is 2.25. The minimum absolute atomic E-state index is 0.0753. The monoisotopic (exact) mass is 483 g/mol. The molecule has 0 fully saturated rings. The highest BCUT2D eigenvalue weighted by atomic mass is 16.6. The highest BCUT2D eigenvalue weighted by Gasteiger charge is 2.30. The maximum atomic E-state index is 13.4. The third-order valence-electron chi connectivity index (χ3n) is 5.70. The van der Waals surface area contributed by atoms with Gasteiger partial charge >= 0.3 is 6.09 Å². The number of nitrogens with two attached hydrogens (primary N) is 1. The number of carbonyl (C=O) groups is 2. The van der Waals surface area contributed by atoms with E-state index in [0.29, 0.717) is 16.8 Å². The van der Waals surface area contributed by atoms with Gasteiger partial charge in [0.2, 0.25) is 5.91 Å². The number of rotatable bonds is 9. The van der Waals surface area contributed by atoms with Gasteiger partial charge in [0.05, 0.1) is 18.2 Å². The Balaban J connectivity index is 1.86. The topological polar surface area (TPSA) is 132 Å². The lowest BCUT2D eigenvalue weighted by Crippen LogP contribution is -2.48. The second-order valence-corrected chi connectivity index (χ2v) is 8.04. The van der Waals surface area contributed by atoms with E-state index in [1.165, 1.54) is 4.90 Å². The smallest absolute Gasteiger partial charge is 0.410 e. The molecule has 0 unspecified atom stereocenters. The van der Waals surface area contributed by atoms with E-state index in [2.05, 4.69) is 11.4 Å². The molecule has 0 aromatic heterocycles. The molecule has 0 aliphatic rings. The summed E-state index contributed by atoms with van der Waals surface area (Å²) in [6, 6.07) is 22.9. The predicted molar refractivity (Wildman–Crippen MR) is 140 cm³/mol. The van der Waals surface area contributed by atoms with Crippen LogP contribution in [0.2, 0.25) is 0 Å². The molecular formula is C28H29N5O3. The number of ether oxygens (including phenoxy) is 1. The first-order valence-electron chi connectivity index (χ1n) is 11.6. The van der Waals surface area contributed by atoms with E-state index in [-0.39, 0.29) is 31.3 Å². The molecule has 0 aliphatic heterocycles. The van der Waals surface area contributed by atoms with E-state index in [1.54, 1.807) is 50.2 Å². The maximum absolute atomic E-state index is 13.4. The third kappa shape index (κ3) is 6.27. The number of anilines is 1. The number of nitriles is 1. The van der Waals surface area contributed by atoms with Crippen molar-refractivity contribution in [3.63, 3.8) is 0 Å². The Morgan fingerprint density at radius 1 is 1.08 bits per heavy atom. The number of nitrogens with one attached hydrogen (secondary N) is 2. The Morgan fingerprint density at radius 3 is 2.44 bits per heavy atom. The van der Waals surface area contributed by atoms with Gasteiger partial charge in [0.25, 0.3) is 0 Å². The second-order valence-electron chi connectivity index (χ2n) is 8.04. The lowest BCUT2D eigenvalue weighted by molar-refractivity contribution is -0.120. The molecular weight excluding hydrogens is 454 g/mol. The lowest BCUT2D eigenvalue weighted by Gasteiger charge is -2.29. The van der Waals surface area contributed by atoms with Crippen LogP contribution in [-0.2, 0) is 16.0 Å². The first kappa shape index (κ1) is 26.0. The summed E-state index contributed by atoms with van der Waals surface area (Å²) >= 11 is 0. The van der Waals surface area contributed by atoms with Crippen molar-refractivity contribution in [2.45, 2.75) is 26.3 Å². The van der Waals surface area contributed by atoms with Crippen molar-refractivity contribution < 1.29 is 14.3 Å². The molecule has 4 N–H and O–H groups in total. The Kier molecular flexibility index (Phi) is 8.79. The molecule has 0 saturated heterocycles. The molecule has 3 aromatic carbocycles. The molecule has 36 heavy (non-hydrogen) atoms. The van der Waals surface area contributed by atoms with E-state index < -0.39 is 12.1 Å². The average molecular weight is 484 g/mol. The number of likely N-dealkylation sites (N-methyl/N-ethyl adjacent to an activating group) is 1. The molecule has 0 heterocycles. The molecule has 0 bridgehead atoms. The first-order valence-corrected chi connectivity index (χ1v) is 11.6. The summed E-state index contributed by atoms with van der Waals surface area (Å²) in [5, 5.41) is 20.0. The number of nitrogen functional groups attached to an aromatic ring is 1. The molecule has 0 radical (unpaired) electrons. The Morgan fingerprint density at radius 2 is 1.81 bits per heavy atom. The number of carbonyl (C=O) groups excluding carboxylic acids is 2. The van der Waals surface area contributed by atoms with Crippen molar-refractivity contribution in [2.75, 3.05) is 18.5 Å². The van der Waals surface area contributed by atoms with Crippen LogP contribution in [0.25, 0.3) is 11.1 Å². The Labute approximate surface area is 210 Å². The molecule has 3 aromatic rings. The highest BCUT2D eigenvalue weighted by molar-refractivity contribution is 5.97. The van der Waals surface area contributed by atoms with E-state index in [1.807, 2.05) is 36.4 Å². The third-order valence-corrected chi connectivity index (χ3v) is 5.70. The van der Waals surface area contributed by atoms with Crippen LogP contribution in [0.5, 0.6) is 0 Å². The van der Waals surface area contributed by atoms with E-state index >= 15 is 0 Å². The van der Waals surface area contributed by atoms with Gasteiger partial charge in [0.15, 0.2) is 0 Å². The largest absolute Gasteiger partial charge is 0.450 e. The van der Waals surface area contributed by atoms with Crippen molar-refractivity contribution in [1.82, 2.24) is 4.90 Å². The van der Waals surface area contributed by atoms with Gasteiger partial charge in [-0.25, -0.2) is 4.79 Å². The first-order chi connectivity index (χ1) is 17.4. The number of nitrogens with zero attached hydrogens (tertiary/aromatic N) is 2.